The second-order valence-electron chi connectivity index (χ2n) is 5.87. The summed E-state index contributed by atoms with van der Waals surface area (Å²) in [5.74, 6) is -0.251. The fourth-order valence-corrected chi connectivity index (χ4v) is 3.60. The normalized spacial score (nSPS) is 30.1. The van der Waals surface area contributed by atoms with Gasteiger partial charge in [0.1, 0.15) is 0 Å². The molecule has 1 aliphatic heterocycles. The van der Waals surface area contributed by atoms with Gasteiger partial charge in [0.2, 0.25) is 11.8 Å². The molecule has 4 nitrogen and oxygen atoms in total. The number of methoxy groups -OCH3 is 1. The van der Waals surface area contributed by atoms with Gasteiger partial charge >= 0.3 is 0 Å². The van der Waals surface area contributed by atoms with Gasteiger partial charge in [0.05, 0.1) is 12.5 Å². The van der Waals surface area contributed by atoms with Crippen molar-refractivity contribution in [2.24, 2.45) is 11.3 Å². The first-order chi connectivity index (χ1) is 9.67. The van der Waals surface area contributed by atoms with Crippen LogP contribution in [0.5, 0.6) is 0 Å². The molecule has 2 amide bonds. The third-order valence-electron chi connectivity index (χ3n) is 4.53. The summed E-state index contributed by atoms with van der Waals surface area (Å²) >= 11 is 0. The molecule has 2 fully saturated rings. The van der Waals surface area contributed by atoms with Gasteiger partial charge in [-0.15, -0.1) is 0 Å². The summed E-state index contributed by atoms with van der Waals surface area (Å²) in [6, 6.07) is 9.73. The number of ether oxygens (including phenoxy) is 1. The predicted octanol–water partition coefficient (Wildman–Crippen LogP) is 1.86. The second-order valence-corrected chi connectivity index (χ2v) is 5.87. The molecule has 0 bridgehead atoms. The molecule has 3 rings (SSSR count). The zero-order chi connectivity index (χ0) is 14.2. The first-order valence-electron chi connectivity index (χ1n) is 7.05. The quantitative estimate of drug-likeness (QED) is 0.852. The SMILES string of the molecule is COCC1(C2CC2)CC(=O)NC(=O)C1c1ccccc1. The largest absolute Gasteiger partial charge is 0.384 e. The van der Waals surface area contributed by atoms with E-state index < -0.39 is 0 Å². The van der Waals surface area contributed by atoms with Crippen LogP contribution in [0.25, 0.3) is 0 Å². The molecular weight excluding hydrogens is 254 g/mol. The Kier molecular flexibility index (Phi) is 3.34. The first kappa shape index (κ1) is 13.3. The van der Waals surface area contributed by atoms with Crippen molar-refractivity contribution in [2.45, 2.75) is 25.2 Å². The highest BCUT2D eigenvalue weighted by Crippen LogP contribution is 2.56. The van der Waals surface area contributed by atoms with Crippen molar-refractivity contribution in [3.8, 4) is 0 Å². The molecule has 0 spiro atoms. The summed E-state index contributed by atoms with van der Waals surface area (Å²) in [6.07, 6.45) is 2.53. The number of benzene rings is 1. The van der Waals surface area contributed by atoms with E-state index in [1.165, 1.54) is 0 Å². The van der Waals surface area contributed by atoms with Gasteiger partial charge in [-0.05, 0) is 24.3 Å². The molecule has 1 N–H and O–H groups in total. The Hall–Kier alpha value is -1.68. The number of nitrogens with one attached hydrogen (secondary N) is 1. The molecule has 2 atom stereocenters. The molecule has 2 aliphatic rings. The van der Waals surface area contributed by atoms with E-state index in [9.17, 15) is 9.59 Å². The number of hydrogen-bond donors (Lipinski definition) is 1. The molecule has 0 radical (unpaired) electrons. The highest BCUT2D eigenvalue weighted by atomic mass is 16.5. The maximum Gasteiger partial charge on any atom is 0.234 e. The van der Waals surface area contributed by atoms with E-state index in [0.717, 1.165) is 18.4 Å². The van der Waals surface area contributed by atoms with E-state index in [-0.39, 0.29) is 23.1 Å². The van der Waals surface area contributed by atoms with Crippen molar-refractivity contribution in [1.29, 1.82) is 0 Å². The Bertz CT molecular complexity index is 524. The van der Waals surface area contributed by atoms with Crippen LogP contribution in [0.4, 0.5) is 0 Å². The summed E-state index contributed by atoms with van der Waals surface area (Å²) in [5.41, 5.74) is 0.594. The molecule has 106 valence electrons. The number of hydrogen-bond acceptors (Lipinski definition) is 3. The summed E-state index contributed by atoms with van der Waals surface area (Å²) in [5, 5.41) is 2.49. The molecule has 20 heavy (non-hydrogen) atoms. The third-order valence-corrected chi connectivity index (χ3v) is 4.53. The van der Waals surface area contributed by atoms with E-state index in [1.807, 2.05) is 30.3 Å². The maximum atomic E-state index is 12.4. The van der Waals surface area contributed by atoms with Gasteiger partial charge < -0.3 is 4.74 Å². The summed E-state index contributed by atoms with van der Waals surface area (Å²) in [6.45, 7) is 0.455. The Morgan fingerprint density at radius 1 is 1.25 bits per heavy atom. The fraction of sp³-hybridized carbons (Fsp3) is 0.500. The highest BCUT2D eigenvalue weighted by molar-refractivity contribution is 6.02. The van der Waals surface area contributed by atoms with Crippen LogP contribution >= 0.6 is 0 Å². The van der Waals surface area contributed by atoms with E-state index in [4.69, 9.17) is 4.74 Å². The van der Waals surface area contributed by atoms with Gasteiger partial charge in [-0.2, -0.15) is 0 Å². The van der Waals surface area contributed by atoms with Gasteiger partial charge in [0, 0.05) is 18.9 Å². The number of rotatable bonds is 4. The number of amides is 2. The Labute approximate surface area is 118 Å². The molecule has 4 heteroatoms. The zero-order valence-electron chi connectivity index (χ0n) is 11.6. The summed E-state index contributed by atoms with van der Waals surface area (Å²) in [4.78, 5) is 24.3. The molecule has 1 heterocycles. The number of imide groups is 1. The smallest absolute Gasteiger partial charge is 0.234 e. The second kappa shape index (κ2) is 5.02. The van der Waals surface area contributed by atoms with Crippen molar-refractivity contribution in [2.75, 3.05) is 13.7 Å². The van der Waals surface area contributed by atoms with Gasteiger partial charge in [-0.3, -0.25) is 14.9 Å². The van der Waals surface area contributed by atoms with Crippen LogP contribution in [0.3, 0.4) is 0 Å². The maximum absolute atomic E-state index is 12.4. The average Bonchev–Trinajstić information content (AvgIpc) is 3.24. The van der Waals surface area contributed by atoms with Crippen LogP contribution in [-0.4, -0.2) is 25.5 Å². The molecule has 1 aromatic carbocycles. The molecule has 1 saturated heterocycles. The Balaban J connectivity index is 2.05. The van der Waals surface area contributed by atoms with Crippen molar-refractivity contribution in [1.82, 2.24) is 5.32 Å². The van der Waals surface area contributed by atoms with Gasteiger partial charge in [-0.25, -0.2) is 0 Å². The van der Waals surface area contributed by atoms with Gasteiger partial charge in [0.25, 0.3) is 0 Å². The molecule has 0 aromatic heterocycles. The highest BCUT2D eigenvalue weighted by Gasteiger charge is 2.56. The van der Waals surface area contributed by atoms with Crippen molar-refractivity contribution >= 4 is 11.8 Å². The summed E-state index contributed by atoms with van der Waals surface area (Å²) in [7, 11) is 1.64. The van der Waals surface area contributed by atoms with Gasteiger partial charge in [-0.1, -0.05) is 30.3 Å². The minimum Gasteiger partial charge on any atom is -0.384 e. The van der Waals surface area contributed by atoms with Crippen molar-refractivity contribution < 1.29 is 14.3 Å². The number of carbonyl (C=O) groups is 2. The van der Waals surface area contributed by atoms with E-state index in [2.05, 4.69) is 5.32 Å². The minimum absolute atomic E-state index is 0.175. The Morgan fingerprint density at radius 2 is 1.95 bits per heavy atom. The molecule has 1 aliphatic carbocycles. The monoisotopic (exact) mass is 273 g/mol. The third kappa shape index (κ3) is 2.14. The van der Waals surface area contributed by atoms with Crippen LogP contribution in [-0.2, 0) is 14.3 Å². The average molecular weight is 273 g/mol. The summed E-state index contributed by atoms with van der Waals surface area (Å²) < 4.78 is 5.40. The fourth-order valence-electron chi connectivity index (χ4n) is 3.60. The standard InChI is InChI=1S/C16H19NO3/c1-20-10-16(12-7-8-12)9-13(18)17-15(19)14(16)11-5-3-2-4-6-11/h2-6,12,14H,7-10H2,1H3,(H,17,18,19). The molecule has 2 unspecified atom stereocenters. The van der Waals surface area contributed by atoms with Crippen LogP contribution in [0.2, 0.25) is 0 Å². The van der Waals surface area contributed by atoms with E-state index in [0.29, 0.717) is 18.9 Å². The Morgan fingerprint density at radius 3 is 2.55 bits per heavy atom. The van der Waals surface area contributed by atoms with Crippen molar-refractivity contribution in [3.63, 3.8) is 0 Å². The molecule has 1 aromatic rings. The minimum atomic E-state index is -0.379. The van der Waals surface area contributed by atoms with Crippen LogP contribution in [0.1, 0.15) is 30.7 Å². The van der Waals surface area contributed by atoms with Crippen LogP contribution in [0.15, 0.2) is 30.3 Å². The lowest BCUT2D eigenvalue weighted by molar-refractivity contribution is -0.143. The van der Waals surface area contributed by atoms with E-state index >= 15 is 0 Å². The van der Waals surface area contributed by atoms with Crippen molar-refractivity contribution in [3.05, 3.63) is 35.9 Å². The van der Waals surface area contributed by atoms with Crippen LogP contribution in [0, 0.1) is 11.3 Å². The molecular formula is C16H19NO3. The first-order valence-corrected chi connectivity index (χ1v) is 7.05. The topological polar surface area (TPSA) is 55.4 Å². The lowest BCUT2D eigenvalue weighted by Gasteiger charge is -2.42. The lowest BCUT2D eigenvalue weighted by atomic mass is 9.64. The van der Waals surface area contributed by atoms with Crippen LogP contribution < -0.4 is 5.32 Å². The number of carbonyl (C=O) groups excluding carboxylic acids is 2. The lowest BCUT2D eigenvalue weighted by Crippen LogP contribution is -2.53. The molecule has 1 saturated carbocycles. The van der Waals surface area contributed by atoms with E-state index in [1.54, 1.807) is 7.11 Å². The van der Waals surface area contributed by atoms with Gasteiger partial charge in [0.15, 0.2) is 0 Å². The zero-order valence-corrected chi connectivity index (χ0v) is 11.6. The number of piperidine rings is 1. The predicted molar refractivity (Wildman–Crippen MR) is 74.0 cm³/mol.